The number of nitrogens with zero attached hydrogens (tertiary/aromatic N) is 5. The van der Waals surface area contributed by atoms with Gasteiger partial charge < -0.3 is 0 Å². The van der Waals surface area contributed by atoms with Crippen LogP contribution in [0, 0.1) is 13.8 Å². The van der Waals surface area contributed by atoms with Gasteiger partial charge in [-0.25, -0.2) is 4.98 Å². The molecule has 0 radical (unpaired) electrons. The van der Waals surface area contributed by atoms with Crippen LogP contribution < -0.4 is 0 Å². The van der Waals surface area contributed by atoms with Gasteiger partial charge in [-0.1, -0.05) is 17.8 Å². The largest absolute Gasteiger partial charge is 0.261 e. The quantitative estimate of drug-likeness (QED) is 0.689. The summed E-state index contributed by atoms with van der Waals surface area (Å²) in [7, 11) is 0. The van der Waals surface area contributed by atoms with Crippen molar-refractivity contribution < 1.29 is 0 Å². The second-order valence-electron chi connectivity index (χ2n) is 4.58. The molecule has 102 valence electrons. The molecule has 0 saturated carbocycles. The minimum atomic E-state index is 0.669. The van der Waals surface area contributed by atoms with Crippen LogP contribution in [-0.4, -0.2) is 30.3 Å². The van der Waals surface area contributed by atoms with E-state index < -0.39 is 0 Å². The maximum atomic E-state index is 4.39. The summed E-state index contributed by atoms with van der Waals surface area (Å²) in [4.78, 5) is 8.71. The van der Waals surface area contributed by atoms with Crippen LogP contribution >= 0.6 is 11.8 Å². The summed E-state index contributed by atoms with van der Waals surface area (Å²) < 4.78 is 2.00. The highest BCUT2D eigenvalue weighted by Gasteiger charge is 2.09. The summed E-state index contributed by atoms with van der Waals surface area (Å²) in [6.07, 6.45) is 2.74. The molecule has 3 aromatic rings. The van der Waals surface area contributed by atoms with E-state index in [9.17, 15) is 0 Å². The zero-order valence-electron chi connectivity index (χ0n) is 11.4. The Morgan fingerprint density at radius 3 is 2.90 bits per heavy atom. The number of aromatic nitrogens is 5. The van der Waals surface area contributed by atoms with Gasteiger partial charge in [0.25, 0.3) is 5.78 Å². The third-order valence-corrected chi connectivity index (χ3v) is 3.91. The average molecular weight is 285 g/mol. The molecule has 0 amide bonds. The van der Waals surface area contributed by atoms with Crippen molar-refractivity contribution in [3.63, 3.8) is 0 Å². The van der Waals surface area contributed by atoms with Crippen LogP contribution in [0.25, 0.3) is 5.78 Å². The fraction of sp³-hybridized carbons (Fsp3) is 0.286. The van der Waals surface area contributed by atoms with Crippen LogP contribution in [0.2, 0.25) is 0 Å². The molecule has 0 aliphatic rings. The second kappa shape index (κ2) is 5.58. The number of fused-ring (bicyclic) bond motifs is 1. The fourth-order valence-electron chi connectivity index (χ4n) is 2.09. The Morgan fingerprint density at radius 2 is 2.10 bits per heavy atom. The van der Waals surface area contributed by atoms with Crippen molar-refractivity contribution in [3.05, 3.63) is 47.5 Å². The minimum absolute atomic E-state index is 0.669. The molecule has 0 atom stereocenters. The van der Waals surface area contributed by atoms with E-state index in [4.69, 9.17) is 0 Å². The molecule has 0 unspecified atom stereocenters. The summed E-state index contributed by atoms with van der Waals surface area (Å²) in [6, 6.07) is 8.02. The van der Waals surface area contributed by atoms with Crippen molar-refractivity contribution in [2.45, 2.75) is 25.4 Å². The normalized spacial score (nSPS) is 11.1. The number of rotatable bonds is 4. The van der Waals surface area contributed by atoms with Crippen molar-refractivity contribution in [1.29, 1.82) is 0 Å². The van der Waals surface area contributed by atoms with E-state index in [1.54, 1.807) is 11.8 Å². The number of aryl methyl sites for hydroxylation is 3. The maximum Gasteiger partial charge on any atom is 0.256 e. The summed E-state index contributed by atoms with van der Waals surface area (Å²) in [5, 5.41) is 9.24. The first-order valence-electron chi connectivity index (χ1n) is 6.46. The molecular formula is C14H15N5S. The highest BCUT2D eigenvalue weighted by molar-refractivity contribution is 7.99. The molecule has 20 heavy (non-hydrogen) atoms. The summed E-state index contributed by atoms with van der Waals surface area (Å²) in [5.74, 6) is 1.59. The zero-order valence-corrected chi connectivity index (χ0v) is 12.3. The molecule has 3 aromatic heterocycles. The predicted octanol–water partition coefficient (Wildman–Crippen LogP) is 2.47. The molecule has 0 aliphatic heterocycles. The van der Waals surface area contributed by atoms with Crippen LogP contribution in [0.5, 0.6) is 0 Å². The van der Waals surface area contributed by atoms with Crippen LogP contribution in [0.3, 0.4) is 0 Å². The van der Waals surface area contributed by atoms with Gasteiger partial charge in [0.1, 0.15) is 0 Å². The van der Waals surface area contributed by atoms with Gasteiger partial charge in [0.15, 0.2) is 5.16 Å². The Bertz CT molecular complexity index is 723. The third-order valence-electron chi connectivity index (χ3n) is 2.98. The van der Waals surface area contributed by atoms with Gasteiger partial charge >= 0.3 is 0 Å². The Balaban J connectivity index is 1.75. The van der Waals surface area contributed by atoms with E-state index in [-0.39, 0.29) is 0 Å². The topological polar surface area (TPSA) is 56.0 Å². The lowest BCUT2D eigenvalue weighted by Crippen LogP contribution is -1.98. The van der Waals surface area contributed by atoms with Crippen LogP contribution in [0.4, 0.5) is 0 Å². The van der Waals surface area contributed by atoms with E-state index >= 15 is 0 Å². The van der Waals surface area contributed by atoms with Crippen LogP contribution in [0.15, 0.2) is 35.6 Å². The molecule has 3 rings (SSSR count). The van der Waals surface area contributed by atoms with Crippen LogP contribution in [0.1, 0.15) is 17.1 Å². The number of pyridine rings is 1. The predicted molar refractivity (Wildman–Crippen MR) is 78.9 cm³/mol. The molecule has 0 aromatic carbocycles. The first-order chi connectivity index (χ1) is 9.74. The smallest absolute Gasteiger partial charge is 0.256 e. The van der Waals surface area contributed by atoms with Crippen molar-refractivity contribution in [3.8, 4) is 0 Å². The third kappa shape index (κ3) is 2.65. The van der Waals surface area contributed by atoms with Gasteiger partial charge in [0.2, 0.25) is 0 Å². The van der Waals surface area contributed by atoms with Crippen LogP contribution in [-0.2, 0) is 6.42 Å². The summed E-state index contributed by atoms with van der Waals surface area (Å²) in [6.45, 7) is 4.02. The molecule has 0 bridgehead atoms. The molecule has 0 aliphatic carbocycles. The summed E-state index contributed by atoms with van der Waals surface area (Å²) >= 11 is 1.68. The van der Waals surface area contributed by atoms with E-state index in [0.717, 1.165) is 34.4 Å². The van der Waals surface area contributed by atoms with E-state index in [2.05, 4.69) is 20.2 Å². The SMILES string of the molecule is Cc1cc(C)n2c(SCCc3ccccn3)nnc2n1. The van der Waals surface area contributed by atoms with E-state index in [0.29, 0.717) is 5.78 Å². The average Bonchev–Trinajstić information content (AvgIpc) is 2.83. The zero-order chi connectivity index (χ0) is 13.9. The lowest BCUT2D eigenvalue weighted by atomic mass is 10.3. The van der Waals surface area contributed by atoms with Gasteiger partial charge in [0, 0.05) is 29.0 Å². The molecule has 0 fully saturated rings. The molecule has 0 saturated heterocycles. The Kier molecular flexibility index (Phi) is 3.64. The Morgan fingerprint density at radius 1 is 1.20 bits per heavy atom. The summed E-state index contributed by atoms with van der Waals surface area (Å²) in [5.41, 5.74) is 3.17. The molecular weight excluding hydrogens is 270 g/mol. The molecule has 3 heterocycles. The van der Waals surface area contributed by atoms with Crippen molar-refractivity contribution in [2.75, 3.05) is 5.75 Å². The van der Waals surface area contributed by atoms with E-state index in [1.807, 2.05) is 48.7 Å². The van der Waals surface area contributed by atoms with Crippen molar-refractivity contribution in [2.24, 2.45) is 0 Å². The molecule has 0 spiro atoms. The standard InChI is InChI=1S/C14H15N5S/c1-10-9-11(2)19-13(16-10)17-18-14(19)20-8-6-12-5-3-4-7-15-12/h3-5,7,9H,6,8H2,1-2H3. The highest BCUT2D eigenvalue weighted by atomic mass is 32.2. The van der Waals surface area contributed by atoms with Gasteiger partial charge in [-0.15, -0.1) is 10.2 Å². The van der Waals surface area contributed by atoms with Crippen molar-refractivity contribution in [1.82, 2.24) is 24.6 Å². The first-order valence-corrected chi connectivity index (χ1v) is 7.45. The number of thioether (sulfide) groups is 1. The number of hydrogen-bond donors (Lipinski definition) is 0. The number of hydrogen-bond acceptors (Lipinski definition) is 5. The lowest BCUT2D eigenvalue weighted by Gasteiger charge is -2.04. The van der Waals surface area contributed by atoms with E-state index in [1.165, 1.54) is 0 Å². The highest BCUT2D eigenvalue weighted by Crippen LogP contribution is 2.19. The first kappa shape index (κ1) is 13.1. The fourth-order valence-corrected chi connectivity index (χ4v) is 3.03. The molecule has 5 nitrogen and oxygen atoms in total. The maximum absolute atomic E-state index is 4.39. The van der Waals surface area contributed by atoms with Gasteiger partial charge in [-0.3, -0.25) is 9.38 Å². The Hall–Kier alpha value is -1.95. The lowest BCUT2D eigenvalue weighted by molar-refractivity contribution is 0.884. The Labute approximate surface area is 121 Å². The minimum Gasteiger partial charge on any atom is -0.261 e. The molecule has 0 N–H and O–H groups in total. The second-order valence-corrected chi connectivity index (χ2v) is 5.64. The van der Waals surface area contributed by atoms with Gasteiger partial charge in [-0.05, 0) is 38.5 Å². The van der Waals surface area contributed by atoms with Gasteiger partial charge in [0.05, 0.1) is 0 Å². The van der Waals surface area contributed by atoms with Crippen molar-refractivity contribution >= 4 is 17.5 Å². The van der Waals surface area contributed by atoms with Gasteiger partial charge in [-0.2, -0.15) is 0 Å². The molecule has 6 heteroatoms. The monoisotopic (exact) mass is 285 g/mol.